The fraction of sp³-hybridized carbons (Fsp3) is 0.318. The first-order chi connectivity index (χ1) is 15.3. The number of hydrogen-bond acceptors (Lipinski definition) is 3. The number of amides is 2. The summed E-state index contributed by atoms with van der Waals surface area (Å²) in [6, 6.07) is 9.09. The van der Waals surface area contributed by atoms with Crippen LogP contribution >= 0.6 is 11.6 Å². The minimum Gasteiger partial charge on any atom is -0.335 e. The third kappa shape index (κ3) is 5.65. The van der Waals surface area contributed by atoms with Gasteiger partial charge in [0.25, 0.3) is 0 Å². The normalized spacial score (nSPS) is 16.7. The number of nitrogens with zero attached hydrogens (tertiary/aromatic N) is 4. The second-order valence-corrected chi connectivity index (χ2v) is 8.08. The molecule has 10 heteroatoms. The summed E-state index contributed by atoms with van der Waals surface area (Å²) in [7, 11) is 0. The average molecular weight is 461 g/mol. The third-order valence-corrected chi connectivity index (χ3v) is 5.47. The molecule has 0 saturated carbocycles. The van der Waals surface area contributed by atoms with Gasteiger partial charge in [0.15, 0.2) is 0 Å². The second-order valence-electron chi connectivity index (χ2n) is 7.68. The number of aliphatic imine (C=N–C) groups is 1. The lowest BCUT2D eigenvalue weighted by Crippen LogP contribution is -2.60. The Labute approximate surface area is 190 Å². The van der Waals surface area contributed by atoms with Crippen molar-refractivity contribution in [2.75, 3.05) is 30.3 Å². The predicted octanol–water partition coefficient (Wildman–Crippen LogP) is 4.74. The lowest BCUT2D eigenvalue weighted by Gasteiger charge is -2.44. The summed E-state index contributed by atoms with van der Waals surface area (Å²) in [6.45, 7) is 5.11. The molecule has 1 heterocycles. The number of carbonyl (C=O) groups excluding carboxylic acids is 1. The zero-order chi connectivity index (χ0) is 23.3. The molecule has 1 atom stereocenters. The van der Waals surface area contributed by atoms with Crippen LogP contribution < -0.4 is 10.6 Å². The van der Waals surface area contributed by atoms with Gasteiger partial charge in [-0.1, -0.05) is 31.5 Å². The van der Waals surface area contributed by atoms with E-state index in [9.17, 15) is 18.8 Å². The fourth-order valence-electron chi connectivity index (χ4n) is 3.52. The SMILES string of the molecule is CC(C)C1CN(C(=O)Nc2cccc(F)c2)CCN1/C(=N/C#N)Nc1ccc(F)cc1Cl. The van der Waals surface area contributed by atoms with Crippen molar-refractivity contribution in [1.29, 1.82) is 5.26 Å². The van der Waals surface area contributed by atoms with Gasteiger partial charge < -0.3 is 20.4 Å². The van der Waals surface area contributed by atoms with Gasteiger partial charge in [-0.15, -0.1) is 4.99 Å². The molecule has 0 radical (unpaired) electrons. The molecule has 2 aromatic carbocycles. The van der Waals surface area contributed by atoms with Crippen LogP contribution in [0, 0.1) is 29.0 Å². The molecular weight excluding hydrogens is 438 g/mol. The molecule has 0 bridgehead atoms. The van der Waals surface area contributed by atoms with E-state index in [0.717, 1.165) is 0 Å². The topological polar surface area (TPSA) is 83.8 Å². The molecule has 0 spiro atoms. The van der Waals surface area contributed by atoms with Crippen LogP contribution in [0.25, 0.3) is 0 Å². The Morgan fingerprint density at radius 3 is 2.59 bits per heavy atom. The van der Waals surface area contributed by atoms with Crippen molar-refractivity contribution in [3.8, 4) is 6.19 Å². The molecule has 7 nitrogen and oxygen atoms in total. The quantitative estimate of drug-likeness (QED) is 0.393. The van der Waals surface area contributed by atoms with Crippen LogP contribution in [0.4, 0.5) is 25.0 Å². The number of urea groups is 1. The molecule has 32 heavy (non-hydrogen) atoms. The van der Waals surface area contributed by atoms with Crippen molar-refractivity contribution in [2.24, 2.45) is 10.9 Å². The highest BCUT2D eigenvalue weighted by Gasteiger charge is 2.34. The van der Waals surface area contributed by atoms with E-state index in [0.29, 0.717) is 31.0 Å². The van der Waals surface area contributed by atoms with Crippen LogP contribution in [0.3, 0.4) is 0 Å². The van der Waals surface area contributed by atoms with Gasteiger partial charge in [0.1, 0.15) is 11.6 Å². The number of benzene rings is 2. The Kier molecular flexibility index (Phi) is 7.49. The number of hydrogen-bond donors (Lipinski definition) is 2. The molecule has 2 amide bonds. The zero-order valence-electron chi connectivity index (χ0n) is 17.6. The lowest BCUT2D eigenvalue weighted by atomic mass is 10.00. The van der Waals surface area contributed by atoms with E-state index in [2.05, 4.69) is 15.6 Å². The van der Waals surface area contributed by atoms with Crippen molar-refractivity contribution < 1.29 is 13.6 Å². The summed E-state index contributed by atoms with van der Waals surface area (Å²) < 4.78 is 26.8. The molecule has 0 aromatic heterocycles. The number of rotatable bonds is 3. The van der Waals surface area contributed by atoms with Crippen molar-refractivity contribution in [3.63, 3.8) is 0 Å². The van der Waals surface area contributed by atoms with Gasteiger partial charge in [-0.3, -0.25) is 0 Å². The van der Waals surface area contributed by atoms with E-state index in [-0.39, 0.29) is 29.0 Å². The van der Waals surface area contributed by atoms with Crippen LogP contribution in [0.1, 0.15) is 13.8 Å². The molecule has 0 aliphatic carbocycles. The Hall–Kier alpha value is -3.38. The van der Waals surface area contributed by atoms with E-state index < -0.39 is 11.6 Å². The Balaban J connectivity index is 1.76. The monoisotopic (exact) mass is 460 g/mol. The molecule has 1 unspecified atom stereocenters. The molecule has 1 aliphatic heterocycles. The summed E-state index contributed by atoms with van der Waals surface area (Å²) in [5.74, 6) is -0.535. The number of piperazine rings is 1. The Morgan fingerprint density at radius 1 is 1.19 bits per heavy atom. The second kappa shape index (κ2) is 10.3. The molecule has 2 aromatic rings. The van der Waals surface area contributed by atoms with Crippen LogP contribution in [-0.4, -0.2) is 47.5 Å². The highest BCUT2D eigenvalue weighted by atomic mass is 35.5. The maximum Gasteiger partial charge on any atom is 0.321 e. The van der Waals surface area contributed by atoms with Gasteiger partial charge in [-0.25, -0.2) is 13.6 Å². The maximum absolute atomic E-state index is 13.4. The first-order valence-corrected chi connectivity index (χ1v) is 10.4. The highest BCUT2D eigenvalue weighted by Crippen LogP contribution is 2.25. The summed E-state index contributed by atoms with van der Waals surface area (Å²) in [6.07, 6.45) is 1.79. The van der Waals surface area contributed by atoms with Crippen LogP contribution in [-0.2, 0) is 0 Å². The first-order valence-electron chi connectivity index (χ1n) is 10.1. The van der Waals surface area contributed by atoms with Gasteiger partial charge in [-0.2, -0.15) is 5.26 Å². The Bertz CT molecular complexity index is 1050. The van der Waals surface area contributed by atoms with E-state index in [4.69, 9.17) is 11.6 Å². The summed E-state index contributed by atoms with van der Waals surface area (Å²) in [5.41, 5.74) is 0.786. The molecule has 1 aliphatic rings. The van der Waals surface area contributed by atoms with Crippen molar-refractivity contribution in [3.05, 3.63) is 59.1 Å². The van der Waals surface area contributed by atoms with Gasteiger partial charge in [-0.05, 0) is 42.3 Å². The van der Waals surface area contributed by atoms with Gasteiger partial charge in [0.2, 0.25) is 12.2 Å². The molecule has 2 N–H and O–H groups in total. The summed E-state index contributed by atoms with van der Waals surface area (Å²) in [4.78, 5) is 20.2. The lowest BCUT2D eigenvalue weighted by molar-refractivity contribution is 0.120. The van der Waals surface area contributed by atoms with E-state index in [1.807, 2.05) is 18.7 Å². The Morgan fingerprint density at radius 2 is 1.94 bits per heavy atom. The van der Waals surface area contributed by atoms with Gasteiger partial charge >= 0.3 is 6.03 Å². The third-order valence-electron chi connectivity index (χ3n) is 5.16. The van der Waals surface area contributed by atoms with E-state index in [1.54, 1.807) is 17.2 Å². The standard InChI is InChI=1S/C22H23ClF2N6O/c1-14(2)20-12-30(22(32)28-17-5-3-4-15(24)10-17)8-9-31(20)21(27-13-26)29-19-7-6-16(25)11-18(19)23/h3-7,10-11,14,20H,8-9,12H2,1-2H3,(H,27,29)(H,28,32). The smallest absolute Gasteiger partial charge is 0.321 e. The van der Waals surface area contributed by atoms with Crippen LogP contribution in [0.15, 0.2) is 47.5 Å². The molecule has 168 valence electrons. The minimum atomic E-state index is -0.475. The van der Waals surface area contributed by atoms with Crippen LogP contribution in [0.2, 0.25) is 5.02 Å². The van der Waals surface area contributed by atoms with Crippen molar-refractivity contribution in [2.45, 2.75) is 19.9 Å². The number of carbonyl (C=O) groups is 1. The fourth-order valence-corrected chi connectivity index (χ4v) is 3.73. The van der Waals surface area contributed by atoms with E-state index in [1.165, 1.54) is 36.4 Å². The first kappa shape index (κ1) is 23.3. The summed E-state index contributed by atoms with van der Waals surface area (Å²) in [5, 5.41) is 15.1. The predicted molar refractivity (Wildman–Crippen MR) is 120 cm³/mol. The number of anilines is 2. The van der Waals surface area contributed by atoms with Crippen molar-refractivity contribution in [1.82, 2.24) is 9.80 Å². The maximum atomic E-state index is 13.4. The average Bonchev–Trinajstić information content (AvgIpc) is 2.74. The highest BCUT2D eigenvalue weighted by molar-refractivity contribution is 6.33. The number of nitrogens with one attached hydrogen (secondary N) is 2. The molecule has 1 fully saturated rings. The zero-order valence-corrected chi connectivity index (χ0v) is 18.4. The van der Waals surface area contributed by atoms with Crippen LogP contribution in [0.5, 0.6) is 0 Å². The number of halogens is 3. The van der Waals surface area contributed by atoms with Gasteiger partial charge in [0, 0.05) is 25.3 Å². The number of nitriles is 1. The van der Waals surface area contributed by atoms with Crippen molar-refractivity contribution >= 4 is 35.0 Å². The molecule has 1 saturated heterocycles. The summed E-state index contributed by atoms with van der Waals surface area (Å²) >= 11 is 6.12. The molecule has 3 rings (SSSR count). The molecular formula is C22H23ClF2N6O. The minimum absolute atomic E-state index is 0.106. The van der Waals surface area contributed by atoms with E-state index >= 15 is 0 Å². The van der Waals surface area contributed by atoms with Gasteiger partial charge in [0.05, 0.1) is 16.8 Å². The largest absolute Gasteiger partial charge is 0.335 e. The number of guanidine groups is 1.